The lowest BCUT2D eigenvalue weighted by molar-refractivity contribution is 0.372. The molecule has 2 rings (SSSR count). The van der Waals surface area contributed by atoms with Crippen LogP contribution in [0.15, 0.2) is 35.0 Å². The van der Waals surface area contributed by atoms with E-state index < -0.39 is 5.82 Å². The third kappa shape index (κ3) is 2.81. The Balaban J connectivity index is 1.87. The van der Waals surface area contributed by atoms with Crippen LogP contribution in [0.3, 0.4) is 0 Å². The van der Waals surface area contributed by atoms with Crippen LogP contribution >= 0.6 is 11.6 Å². The summed E-state index contributed by atoms with van der Waals surface area (Å²) in [5, 5.41) is 6.83. The molecule has 16 heavy (non-hydrogen) atoms. The molecule has 1 heterocycles. The predicted octanol–water partition coefficient (Wildman–Crippen LogP) is 2.76. The minimum Gasteiger partial charge on any atom is -0.360 e. The maximum Gasteiger partial charge on any atom is 0.150 e. The van der Waals surface area contributed by atoms with Crippen molar-refractivity contribution in [3.63, 3.8) is 0 Å². The molecule has 0 unspecified atom stereocenters. The molecule has 1 N–H and O–H groups in total. The van der Waals surface area contributed by atoms with Gasteiger partial charge in [0.15, 0.2) is 0 Å². The van der Waals surface area contributed by atoms with E-state index in [0.717, 1.165) is 11.3 Å². The van der Waals surface area contributed by atoms with Crippen molar-refractivity contribution in [2.75, 3.05) is 0 Å². The summed E-state index contributed by atoms with van der Waals surface area (Å²) in [6.45, 7) is 1.11. The monoisotopic (exact) mass is 240 g/mol. The maximum atomic E-state index is 13.1. The smallest absolute Gasteiger partial charge is 0.150 e. The standard InChI is InChI=1S/C11H10ClFN2O/c12-10-2-1-8(5-11(10)13)6-14-7-9-3-4-15-16-9/h1-5,14H,6-7H2. The molecule has 0 saturated carbocycles. The van der Waals surface area contributed by atoms with E-state index in [1.54, 1.807) is 24.4 Å². The van der Waals surface area contributed by atoms with Crippen LogP contribution in [0.2, 0.25) is 5.02 Å². The Labute approximate surface area is 97.2 Å². The quantitative estimate of drug-likeness (QED) is 0.893. The van der Waals surface area contributed by atoms with Gasteiger partial charge < -0.3 is 9.84 Å². The minimum absolute atomic E-state index is 0.138. The maximum absolute atomic E-state index is 13.1. The van der Waals surface area contributed by atoms with Crippen LogP contribution in [0.25, 0.3) is 0 Å². The molecule has 0 atom stereocenters. The topological polar surface area (TPSA) is 38.1 Å². The number of nitrogens with one attached hydrogen (secondary N) is 1. The van der Waals surface area contributed by atoms with Gasteiger partial charge in [-0.2, -0.15) is 0 Å². The molecular formula is C11H10ClFN2O. The molecule has 0 bridgehead atoms. The summed E-state index contributed by atoms with van der Waals surface area (Å²) < 4.78 is 18.0. The molecule has 0 radical (unpaired) electrons. The second-order valence-corrected chi connectivity index (χ2v) is 3.74. The Morgan fingerprint density at radius 2 is 2.19 bits per heavy atom. The van der Waals surface area contributed by atoms with Crippen LogP contribution in [0.5, 0.6) is 0 Å². The molecular weight excluding hydrogens is 231 g/mol. The van der Waals surface area contributed by atoms with Crippen molar-refractivity contribution in [2.24, 2.45) is 0 Å². The van der Waals surface area contributed by atoms with Gasteiger partial charge in [-0.3, -0.25) is 0 Å². The molecule has 2 aromatic rings. The Morgan fingerprint density at radius 3 is 2.88 bits per heavy atom. The van der Waals surface area contributed by atoms with Crippen LogP contribution in [-0.4, -0.2) is 5.16 Å². The predicted molar refractivity (Wildman–Crippen MR) is 58.5 cm³/mol. The summed E-state index contributed by atoms with van der Waals surface area (Å²) >= 11 is 5.58. The van der Waals surface area contributed by atoms with Gasteiger partial charge in [0, 0.05) is 12.6 Å². The van der Waals surface area contributed by atoms with Crippen LogP contribution in [0, 0.1) is 5.82 Å². The molecule has 1 aromatic heterocycles. The van der Waals surface area contributed by atoms with Crippen molar-refractivity contribution in [3.05, 3.63) is 52.6 Å². The number of aromatic nitrogens is 1. The number of rotatable bonds is 4. The zero-order chi connectivity index (χ0) is 11.4. The normalized spacial score (nSPS) is 10.6. The molecule has 1 aromatic carbocycles. The van der Waals surface area contributed by atoms with E-state index in [1.165, 1.54) is 6.07 Å². The van der Waals surface area contributed by atoms with E-state index in [4.69, 9.17) is 16.1 Å². The highest BCUT2D eigenvalue weighted by molar-refractivity contribution is 6.30. The van der Waals surface area contributed by atoms with Crippen molar-refractivity contribution in [1.29, 1.82) is 0 Å². The van der Waals surface area contributed by atoms with Gasteiger partial charge in [-0.15, -0.1) is 0 Å². The molecule has 84 valence electrons. The Hall–Kier alpha value is -1.39. The van der Waals surface area contributed by atoms with Gasteiger partial charge in [-0.25, -0.2) is 4.39 Å². The van der Waals surface area contributed by atoms with E-state index in [-0.39, 0.29) is 5.02 Å². The summed E-state index contributed by atoms with van der Waals surface area (Å²) in [6, 6.07) is 6.51. The van der Waals surface area contributed by atoms with Crippen LogP contribution in [-0.2, 0) is 13.1 Å². The average Bonchev–Trinajstić information content (AvgIpc) is 2.76. The number of halogens is 2. The zero-order valence-electron chi connectivity index (χ0n) is 8.41. The molecule has 0 amide bonds. The number of hydrogen-bond donors (Lipinski definition) is 1. The highest BCUT2D eigenvalue weighted by atomic mass is 35.5. The first-order valence-corrected chi connectivity index (χ1v) is 5.18. The lowest BCUT2D eigenvalue weighted by atomic mass is 10.2. The van der Waals surface area contributed by atoms with E-state index in [9.17, 15) is 4.39 Å². The van der Waals surface area contributed by atoms with Gasteiger partial charge in [0.05, 0.1) is 17.8 Å². The molecule has 3 nitrogen and oxygen atoms in total. The first-order chi connectivity index (χ1) is 7.75. The van der Waals surface area contributed by atoms with Crippen molar-refractivity contribution in [1.82, 2.24) is 10.5 Å². The summed E-state index contributed by atoms with van der Waals surface area (Å²) in [6.07, 6.45) is 1.58. The van der Waals surface area contributed by atoms with Crippen LogP contribution < -0.4 is 5.32 Å². The molecule has 0 aliphatic rings. The van der Waals surface area contributed by atoms with Gasteiger partial charge in [0.25, 0.3) is 0 Å². The van der Waals surface area contributed by atoms with E-state index in [0.29, 0.717) is 13.1 Å². The highest BCUT2D eigenvalue weighted by Gasteiger charge is 2.01. The summed E-state index contributed by atoms with van der Waals surface area (Å²) in [7, 11) is 0. The number of nitrogens with zero attached hydrogens (tertiary/aromatic N) is 1. The van der Waals surface area contributed by atoms with Crippen LogP contribution in [0.1, 0.15) is 11.3 Å². The first kappa shape index (κ1) is 11.1. The Kier molecular flexibility index (Phi) is 3.54. The molecule has 0 fully saturated rings. The Bertz CT molecular complexity index is 459. The molecule has 0 saturated heterocycles. The average molecular weight is 241 g/mol. The van der Waals surface area contributed by atoms with E-state index in [2.05, 4.69) is 10.5 Å². The van der Waals surface area contributed by atoms with E-state index >= 15 is 0 Å². The van der Waals surface area contributed by atoms with Crippen molar-refractivity contribution in [3.8, 4) is 0 Å². The number of hydrogen-bond acceptors (Lipinski definition) is 3. The largest absolute Gasteiger partial charge is 0.360 e. The summed E-state index contributed by atoms with van der Waals surface area (Å²) in [4.78, 5) is 0. The van der Waals surface area contributed by atoms with Crippen molar-refractivity contribution in [2.45, 2.75) is 13.1 Å². The highest BCUT2D eigenvalue weighted by Crippen LogP contribution is 2.15. The van der Waals surface area contributed by atoms with Crippen molar-refractivity contribution >= 4 is 11.6 Å². The fourth-order valence-electron chi connectivity index (χ4n) is 1.31. The third-order valence-electron chi connectivity index (χ3n) is 2.10. The second kappa shape index (κ2) is 5.09. The lowest BCUT2D eigenvalue weighted by Crippen LogP contribution is -2.12. The van der Waals surface area contributed by atoms with Gasteiger partial charge in [0.2, 0.25) is 0 Å². The summed E-state index contributed by atoms with van der Waals surface area (Å²) in [5.74, 6) is 0.343. The fourth-order valence-corrected chi connectivity index (χ4v) is 1.43. The Morgan fingerprint density at radius 1 is 1.31 bits per heavy atom. The third-order valence-corrected chi connectivity index (χ3v) is 2.41. The first-order valence-electron chi connectivity index (χ1n) is 4.80. The van der Waals surface area contributed by atoms with E-state index in [1.807, 2.05) is 0 Å². The molecule has 0 spiro atoms. The second-order valence-electron chi connectivity index (χ2n) is 3.33. The van der Waals surface area contributed by atoms with Gasteiger partial charge in [0.1, 0.15) is 11.6 Å². The molecule has 0 aliphatic heterocycles. The fraction of sp³-hybridized carbons (Fsp3) is 0.182. The molecule has 5 heteroatoms. The van der Waals surface area contributed by atoms with Crippen molar-refractivity contribution < 1.29 is 8.91 Å². The molecule has 0 aliphatic carbocycles. The lowest BCUT2D eigenvalue weighted by Gasteiger charge is -2.03. The zero-order valence-corrected chi connectivity index (χ0v) is 9.17. The van der Waals surface area contributed by atoms with Gasteiger partial charge in [-0.1, -0.05) is 22.8 Å². The SMILES string of the molecule is Fc1cc(CNCc2ccno2)ccc1Cl. The van der Waals surface area contributed by atoms with Gasteiger partial charge in [-0.05, 0) is 17.7 Å². The van der Waals surface area contributed by atoms with Crippen LogP contribution in [0.4, 0.5) is 4.39 Å². The summed E-state index contributed by atoms with van der Waals surface area (Å²) in [5.41, 5.74) is 0.835. The number of benzene rings is 1. The minimum atomic E-state index is -0.402. The van der Waals surface area contributed by atoms with Gasteiger partial charge >= 0.3 is 0 Å².